The number of aliphatic hydroxyl groups excluding tert-OH is 1. The zero-order valence-electron chi connectivity index (χ0n) is 11.2. The van der Waals surface area contributed by atoms with Crippen LogP contribution in [0.25, 0.3) is 22.2 Å². The van der Waals surface area contributed by atoms with Gasteiger partial charge in [-0.3, -0.25) is 0 Å². The van der Waals surface area contributed by atoms with E-state index in [1.165, 1.54) is 6.07 Å². The maximum absolute atomic E-state index is 13.8. The van der Waals surface area contributed by atoms with E-state index < -0.39 is 0 Å². The summed E-state index contributed by atoms with van der Waals surface area (Å²) < 4.78 is 19.1. The van der Waals surface area contributed by atoms with Crippen molar-refractivity contribution in [1.29, 1.82) is 0 Å². The monoisotopic (exact) mass is 284 g/mol. The SMILES string of the molecule is OC1CC(c2nc(-c3ccc(F)c4ccccc34)no2)C1. The first-order valence-electron chi connectivity index (χ1n) is 6.91. The Labute approximate surface area is 120 Å². The summed E-state index contributed by atoms with van der Waals surface area (Å²) in [4.78, 5) is 4.41. The second-order valence-electron chi connectivity index (χ2n) is 5.42. The van der Waals surface area contributed by atoms with Crippen LogP contribution in [-0.2, 0) is 0 Å². The van der Waals surface area contributed by atoms with Gasteiger partial charge in [-0.15, -0.1) is 0 Å². The highest BCUT2D eigenvalue weighted by Crippen LogP contribution is 2.37. The number of nitrogens with zero attached hydrogens (tertiary/aromatic N) is 2. The zero-order valence-corrected chi connectivity index (χ0v) is 11.2. The molecule has 3 aromatic rings. The molecule has 21 heavy (non-hydrogen) atoms. The minimum Gasteiger partial charge on any atom is -0.393 e. The molecule has 4 rings (SSSR count). The second-order valence-corrected chi connectivity index (χ2v) is 5.42. The van der Waals surface area contributed by atoms with E-state index in [2.05, 4.69) is 10.1 Å². The van der Waals surface area contributed by atoms with Gasteiger partial charge in [-0.05, 0) is 30.4 Å². The number of hydrogen-bond acceptors (Lipinski definition) is 4. The summed E-state index contributed by atoms with van der Waals surface area (Å²) in [7, 11) is 0. The molecule has 0 unspecified atom stereocenters. The Hall–Kier alpha value is -2.27. The standard InChI is InChI=1S/C16H13FN2O2/c17-14-6-5-13(11-3-1-2-4-12(11)14)15-18-16(21-19-15)9-7-10(20)8-9/h1-6,9-10,20H,7-8H2. The largest absolute Gasteiger partial charge is 0.393 e. The highest BCUT2D eigenvalue weighted by atomic mass is 19.1. The van der Waals surface area contributed by atoms with Crippen LogP contribution in [0.4, 0.5) is 4.39 Å². The molecule has 1 saturated carbocycles. The third kappa shape index (κ3) is 2.01. The number of aliphatic hydroxyl groups is 1. The predicted octanol–water partition coefficient (Wildman–Crippen LogP) is 3.27. The number of benzene rings is 2. The van der Waals surface area contributed by atoms with Crippen molar-refractivity contribution in [3.63, 3.8) is 0 Å². The van der Waals surface area contributed by atoms with E-state index in [9.17, 15) is 9.50 Å². The molecule has 2 aromatic carbocycles. The fraction of sp³-hybridized carbons (Fsp3) is 0.250. The molecule has 1 aromatic heterocycles. The molecule has 1 heterocycles. The summed E-state index contributed by atoms with van der Waals surface area (Å²) >= 11 is 0. The topological polar surface area (TPSA) is 59.2 Å². The van der Waals surface area contributed by atoms with Gasteiger partial charge in [-0.2, -0.15) is 4.98 Å². The average Bonchev–Trinajstić information content (AvgIpc) is 2.94. The average molecular weight is 284 g/mol. The normalized spacial score (nSPS) is 21.4. The first-order chi connectivity index (χ1) is 10.2. The fourth-order valence-corrected chi connectivity index (χ4v) is 2.76. The van der Waals surface area contributed by atoms with Gasteiger partial charge in [0.2, 0.25) is 11.7 Å². The van der Waals surface area contributed by atoms with Gasteiger partial charge >= 0.3 is 0 Å². The molecule has 0 saturated heterocycles. The van der Waals surface area contributed by atoms with Gasteiger partial charge in [-0.25, -0.2) is 4.39 Å². The van der Waals surface area contributed by atoms with Gasteiger partial charge in [0.15, 0.2) is 0 Å². The van der Waals surface area contributed by atoms with Crippen molar-refractivity contribution < 1.29 is 14.0 Å². The van der Waals surface area contributed by atoms with Gasteiger partial charge in [0.1, 0.15) is 5.82 Å². The number of halogens is 1. The molecular weight excluding hydrogens is 271 g/mol. The van der Waals surface area contributed by atoms with Crippen LogP contribution < -0.4 is 0 Å². The van der Waals surface area contributed by atoms with Crippen LogP contribution in [-0.4, -0.2) is 21.4 Å². The Bertz CT molecular complexity index is 809. The minimum absolute atomic E-state index is 0.132. The van der Waals surface area contributed by atoms with Gasteiger partial charge in [-0.1, -0.05) is 29.4 Å². The molecule has 1 aliphatic carbocycles. The molecule has 1 fully saturated rings. The molecule has 0 radical (unpaired) electrons. The summed E-state index contributed by atoms with van der Waals surface area (Å²) in [5.74, 6) is 0.874. The molecule has 0 aliphatic heterocycles. The van der Waals surface area contributed by atoms with Crippen LogP contribution in [0.1, 0.15) is 24.7 Å². The summed E-state index contributed by atoms with van der Waals surface area (Å²) in [6.07, 6.45) is 1.05. The molecule has 0 atom stereocenters. The number of aromatic nitrogens is 2. The molecule has 0 amide bonds. The van der Waals surface area contributed by atoms with Crippen LogP contribution in [0.3, 0.4) is 0 Å². The molecule has 0 bridgehead atoms. The fourth-order valence-electron chi connectivity index (χ4n) is 2.76. The summed E-state index contributed by atoms with van der Waals surface area (Å²) in [6, 6.07) is 10.3. The number of fused-ring (bicyclic) bond motifs is 1. The van der Waals surface area contributed by atoms with E-state index in [1.54, 1.807) is 18.2 Å². The molecule has 1 N–H and O–H groups in total. The van der Waals surface area contributed by atoms with E-state index >= 15 is 0 Å². The Morgan fingerprint density at radius 1 is 1.10 bits per heavy atom. The van der Waals surface area contributed by atoms with Crippen LogP contribution in [0.2, 0.25) is 0 Å². The summed E-state index contributed by atoms with van der Waals surface area (Å²) in [5, 5.41) is 14.7. The van der Waals surface area contributed by atoms with Crippen molar-refractivity contribution in [3.8, 4) is 11.4 Å². The maximum atomic E-state index is 13.8. The first kappa shape index (κ1) is 12.5. The molecule has 106 valence electrons. The van der Waals surface area contributed by atoms with Gasteiger partial charge in [0.25, 0.3) is 0 Å². The Balaban J connectivity index is 1.78. The lowest BCUT2D eigenvalue weighted by Gasteiger charge is -2.27. The molecule has 4 nitrogen and oxygen atoms in total. The van der Waals surface area contributed by atoms with Crippen molar-refractivity contribution in [1.82, 2.24) is 10.1 Å². The summed E-state index contributed by atoms with van der Waals surface area (Å²) in [6.45, 7) is 0. The molecule has 0 spiro atoms. The lowest BCUT2D eigenvalue weighted by Crippen LogP contribution is -2.26. The first-order valence-corrected chi connectivity index (χ1v) is 6.91. The van der Waals surface area contributed by atoms with Gasteiger partial charge in [0, 0.05) is 16.9 Å². The second kappa shape index (κ2) is 4.63. The Morgan fingerprint density at radius 2 is 1.86 bits per heavy atom. The van der Waals surface area contributed by atoms with Crippen molar-refractivity contribution in [2.24, 2.45) is 0 Å². The van der Waals surface area contributed by atoms with Crippen LogP contribution in [0, 0.1) is 5.82 Å². The van der Waals surface area contributed by atoms with E-state index in [0.29, 0.717) is 29.9 Å². The maximum Gasteiger partial charge on any atom is 0.230 e. The number of rotatable bonds is 2. The minimum atomic E-state index is -0.267. The van der Waals surface area contributed by atoms with Crippen molar-refractivity contribution >= 4 is 10.8 Å². The lowest BCUT2D eigenvalue weighted by atomic mass is 9.82. The smallest absolute Gasteiger partial charge is 0.230 e. The molecular formula is C16H13FN2O2. The van der Waals surface area contributed by atoms with Crippen LogP contribution >= 0.6 is 0 Å². The molecule has 5 heteroatoms. The Morgan fingerprint density at radius 3 is 2.62 bits per heavy atom. The van der Waals surface area contributed by atoms with Gasteiger partial charge in [0.05, 0.1) is 6.10 Å². The van der Waals surface area contributed by atoms with E-state index in [-0.39, 0.29) is 17.8 Å². The van der Waals surface area contributed by atoms with Crippen molar-refractivity contribution in [2.75, 3.05) is 0 Å². The summed E-state index contributed by atoms with van der Waals surface area (Å²) in [5.41, 5.74) is 0.752. The quantitative estimate of drug-likeness (QED) is 0.784. The highest BCUT2D eigenvalue weighted by Gasteiger charge is 2.33. The number of hydrogen-bond donors (Lipinski definition) is 1. The van der Waals surface area contributed by atoms with Crippen molar-refractivity contribution in [2.45, 2.75) is 24.9 Å². The zero-order chi connectivity index (χ0) is 14.4. The highest BCUT2D eigenvalue weighted by molar-refractivity contribution is 5.95. The van der Waals surface area contributed by atoms with Crippen molar-refractivity contribution in [3.05, 3.63) is 48.1 Å². The van der Waals surface area contributed by atoms with Crippen LogP contribution in [0.5, 0.6) is 0 Å². The van der Waals surface area contributed by atoms with Crippen LogP contribution in [0.15, 0.2) is 40.9 Å². The third-order valence-electron chi connectivity index (χ3n) is 4.02. The third-order valence-corrected chi connectivity index (χ3v) is 4.02. The Kier molecular flexibility index (Phi) is 2.75. The van der Waals surface area contributed by atoms with E-state index in [4.69, 9.17) is 4.52 Å². The molecule has 1 aliphatic rings. The lowest BCUT2D eigenvalue weighted by molar-refractivity contribution is 0.0625. The predicted molar refractivity (Wildman–Crippen MR) is 75.2 cm³/mol. The van der Waals surface area contributed by atoms with E-state index in [0.717, 1.165) is 10.9 Å². The van der Waals surface area contributed by atoms with E-state index in [1.807, 2.05) is 12.1 Å². The van der Waals surface area contributed by atoms with Gasteiger partial charge < -0.3 is 9.63 Å².